The maximum atomic E-state index is 13.0. The second kappa shape index (κ2) is 4.65. The van der Waals surface area contributed by atoms with Gasteiger partial charge in [-0.2, -0.15) is 0 Å². The van der Waals surface area contributed by atoms with Crippen molar-refractivity contribution >= 4 is 44.7 Å². The predicted octanol–water partition coefficient (Wildman–Crippen LogP) is 4.53. The lowest BCUT2D eigenvalue weighted by Crippen LogP contribution is -2.01. The van der Waals surface area contributed by atoms with E-state index in [1.165, 1.54) is 23.5 Å². The Hall–Kier alpha value is -0.710. The molecule has 0 unspecified atom stereocenters. The van der Waals surface area contributed by atoms with Crippen LogP contribution in [0.5, 0.6) is 0 Å². The van der Waals surface area contributed by atoms with Gasteiger partial charge in [-0.15, -0.1) is 11.3 Å². The molecule has 2 rings (SSSR count). The summed E-state index contributed by atoms with van der Waals surface area (Å²) >= 11 is 10.4. The van der Waals surface area contributed by atoms with Crippen molar-refractivity contribution in [2.24, 2.45) is 0 Å². The Balaban J connectivity index is 2.49. The molecule has 0 spiro atoms. The van der Waals surface area contributed by atoms with Crippen LogP contribution >= 0.6 is 38.9 Å². The molecule has 0 saturated carbocycles. The van der Waals surface area contributed by atoms with Crippen molar-refractivity contribution in [2.45, 2.75) is 0 Å². The Morgan fingerprint density at radius 3 is 2.75 bits per heavy atom. The first kappa shape index (κ1) is 11.8. The molecule has 1 heterocycles. The Labute approximate surface area is 109 Å². The lowest BCUT2D eigenvalue weighted by atomic mass is 10.1. The van der Waals surface area contributed by atoms with Crippen LogP contribution in [0.3, 0.4) is 0 Å². The minimum Gasteiger partial charge on any atom is -0.288 e. The Morgan fingerprint density at radius 1 is 1.38 bits per heavy atom. The van der Waals surface area contributed by atoms with Crippen LogP contribution in [-0.2, 0) is 0 Å². The second-order valence-electron chi connectivity index (χ2n) is 3.05. The van der Waals surface area contributed by atoms with Gasteiger partial charge in [-0.3, -0.25) is 4.79 Å². The van der Waals surface area contributed by atoms with E-state index in [-0.39, 0.29) is 16.4 Å². The number of thiophene rings is 1. The molecule has 0 aliphatic rings. The summed E-state index contributed by atoms with van der Waals surface area (Å²) in [6.07, 6.45) is 0. The molecule has 1 nitrogen and oxygen atoms in total. The summed E-state index contributed by atoms with van der Waals surface area (Å²) in [6, 6.07) is 5.52. The summed E-state index contributed by atoms with van der Waals surface area (Å²) in [4.78, 5) is 12.6. The maximum Gasteiger partial charge on any atom is 0.205 e. The molecule has 0 N–H and O–H groups in total. The molecule has 0 bridgehead atoms. The molecule has 0 amide bonds. The average Bonchev–Trinajstić information content (AvgIpc) is 2.67. The zero-order valence-corrected chi connectivity index (χ0v) is 11.0. The summed E-state index contributed by atoms with van der Waals surface area (Å²) in [5.74, 6) is -0.744. The minimum atomic E-state index is -0.472. The minimum absolute atomic E-state index is 0.185. The number of benzene rings is 1. The molecule has 16 heavy (non-hydrogen) atoms. The van der Waals surface area contributed by atoms with Gasteiger partial charge < -0.3 is 0 Å². The van der Waals surface area contributed by atoms with Gasteiger partial charge >= 0.3 is 0 Å². The third kappa shape index (κ3) is 2.19. The van der Waals surface area contributed by atoms with E-state index < -0.39 is 5.82 Å². The number of halogens is 3. The van der Waals surface area contributed by atoms with E-state index >= 15 is 0 Å². The van der Waals surface area contributed by atoms with Crippen LogP contribution in [0, 0.1) is 5.82 Å². The topological polar surface area (TPSA) is 17.1 Å². The van der Waals surface area contributed by atoms with Crippen LogP contribution in [0.2, 0.25) is 5.02 Å². The number of hydrogen-bond donors (Lipinski definition) is 0. The van der Waals surface area contributed by atoms with E-state index in [4.69, 9.17) is 11.6 Å². The number of carbonyl (C=O) groups is 1. The smallest absolute Gasteiger partial charge is 0.205 e. The van der Waals surface area contributed by atoms with E-state index in [2.05, 4.69) is 15.9 Å². The largest absolute Gasteiger partial charge is 0.288 e. The normalized spacial score (nSPS) is 10.4. The lowest BCUT2D eigenvalue weighted by Gasteiger charge is -2.02. The zero-order valence-electron chi connectivity index (χ0n) is 7.84. The molecule has 82 valence electrons. The summed E-state index contributed by atoms with van der Waals surface area (Å²) in [6.45, 7) is 0. The van der Waals surface area contributed by atoms with Crippen LogP contribution in [0.1, 0.15) is 15.2 Å². The fraction of sp³-hybridized carbons (Fsp3) is 0. The Kier molecular flexibility index (Phi) is 3.42. The van der Waals surface area contributed by atoms with Gasteiger partial charge in [0.15, 0.2) is 0 Å². The van der Waals surface area contributed by atoms with Crippen molar-refractivity contribution in [1.29, 1.82) is 0 Å². The molecule has 2 aromatic rings. The van der Waals surface area contributed by atoms with Gasteiger partial charge in [0.05, 0.1) is 9.90 Å². The molecule has 0 atom stereocenters. The van der Waals surface area contributed by atoms with Gasteiger partial charge in [-0.1, -0.05) is 11.6 Å². The van der Waals surface area contributed by atoms with Crippen LogP contribution in [0.4, 0.5) is 4.39 Å². The first-order valence-corrected chi connectivity index (χ1v) is 6.37. The monoisotopic (exact) mass is 318 g/mol. The summed E-state index contributed by atoms with van der Waals surface area (Å²) in [7, 11) is 0. The molecule has 0 fully saturated rings. The SMILES string of the molecule is O=C(c1cc(F)ccc1Cl)c1sccc1Br. The maximum absolute atomic E-state index is 13.0. The van der Waals surface area contributed by atoms with Crippen LogP contribution < -0.4 is 0 Å². The van der Waals surface area contributed by atoms with Crippen LogP contribution in [0.15, 0.2) is 34.1 Å². The predicted molar refractivity (Wildman–Crippen MR) is 66.9 cm³/mol. The van der Waals surface area contributed by atoms with Crippen molar-refractivity contribution in [2.75, 3.05) is 0 Å². The van der Waals surface area contributed by atoms with Gasteiger partial charge in [0.2, 0.25) is 5.78 Å². The standard InChI is InChI=1S/C11H5BrClFOS/c12-8-3-4-16-11(8)10(15)7-5-6(14)1-2-9(7)13/h1-5H. The first-order chi connectivity index (χ1) is 7.59. The molecule has 0 saturated heterocycles. The van der Waals surface area contributed by atoms with Crippen LogP contribution in [0.25, 0.3) is 0 Å². The van der Waals surface area contributed by atoms with Crippen LogP contribution in [-0.4, -0.2) is 5.78 Å². The van der Waals surface area contributed by atoms with Gasteiger partial charge in [-0.05, 0) is 45.6 Å². The number of ketones is 1. The van der Waals surface area contributed by atoms with E-state index in [9.17, 15) is 9.18 Å². The third-order valence-corrected chi connectivity index (χ3v) is 4.16. The molecule has 5 heteroatoms. The average molecular weight is 320 g/mol. The fourth-order valence-corrected chi connectivity index (χ4v) is 2.96. The highest BCUT2D eigenvalue weighted by Gasteiger charge is 2.17. The summed E-state index contributed by atoms with van der Waals surface area (Å²) in [5.41, 5.74) is 0.185. The van der Waals surface area contributed by atoms with E-state index in [1.807, 2.05) is 0 Å². The molecule has 0 aliphatic carbocycles. The van der Waals surface area contributed by atoms with Crippen molar-refractivity contribution in [3.05, 3.63) is 55.4 Å². The molecular formula is C11H5BrClFOS. The van der Waals surface area contributed by atoms with E-state index in [0.29, 0.717) is 9.35 Å². The number of rotatable bonds is 2. The highest BCUT2D eigenvalue weighted by Crippen LogP contribution is 2.28. The van der Waals surface area contributed by atoms with Gasteiger partial charge in [0.1, 0.15) is 5.82 Å². The van der Waals surface area contributed by atoms with Crippen molar-refractivity contribution in [3.63, 3.8) is 0 Å². The van der Waals surface area contributed by atoms with Gasteiger partial charge in [-0.25, -0.2) is 4.39 Å². The second-order valence-corrected chi connectivity index (χ2v) is 5.23. The van der Waals surface area contributed by atoms with Gasteiger partial charge in [0, 0.05) is 10.0 Å². The Bertz CT molecular complexity index is 553. The van der Waals surface area contributed by atoms with Crippen molar-refractivity contribution < 1.29 is 9.18 Å². The summed E-state index contributed by atoms with van der Waals surface area (Å²) < 4.78 is 13.7. The number of hydrogen-bond acceptors (Lipinski definition) is 2. The van der Waals surface area contributed by atoms with E-state index in [0.717, 1.165) is 6.07 Å². The lowest BCUT2D eigenvalue weighted by molar-refractivity contribution is 0.104. The Morgan fingerprint density at radius 2 is 2.12 bits per heavy atom. The molecular weight excluding hydrogens is 315 g/mol. The fourth-order valence-electron chi connectivity index (χ4n) is 1.25. The highest BCUT2D eigenvalue weighted by molar-refractivity contribution is 9.10. The first-order valence-electron chi connectivity index (χ1n) is 4.32. The quantitative estimate of drug-likeness (QED) is 0.743. The third-order valence-electron chi connectivity index (χ3n) is 2.00. The molecule has 1 aromatic carbocycles. The van der Waals surface area contributed by atoms with Crippen molar-refractivity contribution in [3.8, 4) is 0 Å². The molecule has 0 aliphatic heterocycles. The highest BCUT2D eigenvalue weighted by atomic mass is 79.9. The molecule has 1 aromatic heterocycles. The van der Waals surface area contributed by atoms with Crippen molar-refractivity contribution in [1.82, 2.24) is 0 Å². The zero-order chi connectivity index (χ0) is 11.7. The van der Waals surface area contributed by atoms with Gasteiger partial charge in [0.25, 0.3) is 0 Å². The van der Waals surface area contributed by atoms with E-state index in [1.54, 1.807) is 11.4 Å². The summed E-state index contributed by atoms with van der Waals surface area (Å²) in [5, 5.41) is 2.04. The number of carbonyl (C=O) groups excluding carboxylic acids is 1. The molecule has 0 radical (unpaired) electrons.